The summed E-state index contributed by atoms with van der Waals surface area (Å²) in [5.74, 6) is 1.82. The molecule has 0 unspecified atom stereocenters. The summed E-state index contributed by atoms with van der Waals surface area (Å²) in [5, 5.41) is 2.94. The Morgan fingerprint density at radius 1 is 1.15 bits per heavy atom. The van der Waals surface area contributed by atoms with Gasteiger partial charge < -0.3 is 19.4 Å². The van der Waals surface area contributed by atoms with Crippen LogP contribution in [0.25, 0.3) is 5.69 Å². The maximum atomic E-state index is 12.5. The molecule has 34 heavy (non-hydrogen) atoms. The maximum absolute atomic E-state index is 12.5. The SMILES string of the molecule is Cc1nccn1-c1ccccc1CNC(=O)CCCN(c1ccc2c(c1)OCCO2)S(C)(=O)=O. The molecule has 9 nitrogen and oxygen atoms in total. The highest BCUT2D eigenvalue weighted by Gasteiger charge is 2.21. The first-order valence-corrected chi connectivity index (χ1v) is 12.9. The predicted molar refractivity (Wildman–Crippen MR) is 129 cm³/mol. The minimum Gasteiger partial charge on any atom is -0.486 e. The van der Waals surface area contributed by atoms with Gasteiger partial charge >= 0.3 is 0 Å². The van der Waals surface area contributed by atoms with Gasteiger partial charge in [0.1, 0.15) is 19.0 Å². The van der Waals surface area contributed by atoms with Crippen molar-refractivity contribution >= 4 is 21.6 Å². The summed E-state index contributed by atoms with van der Waals surface area (Å²) >= 11 is 0. The Hall–Kier alpha value is -3.53. The number of hydrogen-bond acceptors (Lipinski definition) is 6. The van der Waals surface area contributed by atoms with Gasteiger partial charge in [0.15, 0.2) is 11.5 Å². The van der Waals surface area contributed by atoms with Gasteiger partial charge in [0.2, 0.25) is 15.9 Å². The number of nitrogens with one attached hydrogen (secondary N) is 1. The minimum atomic E-state index is -3.54. The zero-order valence-electron chi connectivity index (χ0n) is 19.2. The Balaban J connectivity index is 1.35. The lowest BCUT2D eigenvalue weighted by Gasteiger charge is -2.25. The second-order valence-corrected chi connectivity index (χ2v) is 9.92. The van der Waals surface area contributed by atoms with Crippen LogP contribution in [-0.2, 0) is 21.4 Å². The van der Waals surface area contributed by atoms with Crippen LogP contribution in [0.4, 0.5) is 5.69 Å². The van der Waals surface area contributed by atoms with E-state index in [4.69, 9.17) is 9.47 Å². The number of carbonyl (C=O) groups is 1. The van der Waals surface area contributed by atoms with Gasteiger partial charge in [0.05, 0.1) is 17.6 Å². The number of aromatic nitrogens is 2. The van der Waals surface area contributed by atoms with Crippen molar-refractivity contribution in [3.05, 3.63) is 66.2 Å². The quantitative estimate of drug-likeness (QED) is 0.501. The van der Waals surface area contributed by atoms with Crippen molar-refractivity contribution in [3.63, 3.8) is 0 Å². The molecule has 1 aliphatic rings. The lowest BCUT2D eigenvalue weighted by Crippen LogP contribution is -2.32. The van der Waals surface area contributed by atoms with E-state index >= 15 is 0 Å². The van der Waals surface area contributed by atoms with Crippen LogP contribution in [0.2, 0.25) is 0 Å². The number of sulfonamides is 1. The van der Waals surface area contributed by atoms with Crippen LogP contribution in [0.5, 0.6) is 11.5 Å². The van der Waals surface area contributed by atoms with Crippen LogP contribution in [0.3, 0.4) is 0 Å². The second-order valence-electron chi connectivity index (χ2n) is 8.02. The molecule has 1 aliphatic heterocycles. The molecule has 2 heterocycles. The Bertz CT molecular complexity index is 1270. The molecule has 0 atom stereocenters. The normalized spacial score (nSPS) is 12.9. The molecule has 3 aromatic rings. The number of para-hydroxylation sites is 1. The molecule has 1 aromatic heterocycles. The number of ether oxygens (including phenoxy) is 2. The average molecular weight is 485 g/mol. The van der Waals surface area contributed by atoms with E-state index in [1.807, 2.05) is 42.0 Å². The first kappa shape index (κ1) is 23.6. The zero-order chi connectivity index (χ0) is 24.1. The van der Waals surface area contributed by atoms with E-state index in [9.17, 15) is 13.2 Å². The van der Waals surface area contributed by atoms with E-state index in [0.717, 1.165) is 23.3 Å². The fourth-order valence-electron chi connectivity index (χ4n) is 3.87. The number of fused-ring (bicyclic) bond motifs is 1. The summed E-state index contributed by atoms with van der Waals surface area (Å²) in [5.41, 5.74) is 2.41. The van der Waals surface area contributed by atoms with E-state index in [1.165, 1.54) is 4.31 Å². The van der Waals surface area contributed by atoms with Crippen molar-refractivity contribution < 1.29 is 22.7 Å². The standard InChI is InChI=1S/C24H28N4O5S/c1-18-25-11-13-27(18)21-7-4-3-6-19(21)17-26-24(29)8-5-12-28(34(2,30)31)20-9-10-22-23(16-20)33-15-14-32-22/h3-4,6-7,9-11,13,16H,5,8,12,14-15,17H2,1-2H3,(H,26,29). The Morgan fingerprint density at radius 2 is 1.91 bits per heavy atom. The summed E-state index contributed by atoms with van der Waals surface area (Å²) in [7, 11) is -3.54. The van der Waals surface area contributed by atoms with E-state index in [1.54, 1.807) is 24.4 Å². The summed E-state index contributed by atoms with van der Waals surface area (Å²) in [6.45, 7) is 3.34. The van der Waals surface area contributed by atoms with Crippen molar-refractivity contribution in [3.8, 4) is 17.2 Å². The Morgan fingerprint density at radius 3 is 2.65 bits per heavy atom. The first-order chi connectivity index (χ1) is 16.3. The molecule has 1 N–H and O–H groups in total. The van der Waals surface area contributed by atoms with Crippen molar-refractivity contribution in [1.82, 2.24) is 14.9 Å². The number of aryl methyl sites for hydroxylation is 1. The molecule has 0 radical (unpaired) electrons. The van der Waals surface area contributed by atoms with E-state index < -0.39 is 10.0 Å². The van der Waals surface area contributed by atoms with Gasteiger partial charge in [-0.15, -0.1) is 0 Å². The van der Waals surface area contributed by atoms with Gasteiger partial charge in [0.25, 0.3) is 0 Å². The van der Waals surface area contributed by atoms with Crippen molar-refractivity contribution in [2.24, 2.45) is 0 Å². The number of anilines is 1. The number of nitrogens with zero attached hydrogens (tertiary/aromatic N) is 3. The molecule has 0 fully saturated rings. The lowest BCUT2D eigenvalue weighted by molar-refractivity contribution is -0.121. The predicted octanol–water partition coefficient (Wildman–Crippen LogP) is 2.81. The van der Waals surface area contributed by atoms with Crippen molar-refractivity contribution in [2.75, 3.05) is 30.3 Å². The van der Waals surface area contributed by atoms with Gasteiger partial charge in [0, 0.05) is 38.0 Å². The largest absolute Gasteiger partial charge is 0.486 e. The average Bonchev–Trinajstić information content (AvgIpc) is 3.25. The molecule has 0 spiro atoms. The molecule has 0 saturated carbocycles. The van der Waals surface area contributed by atoms with Gasteiger partial charge in [-0.25, -0.2) is 13.4 Å². The van der Waals surface area contributed by atoms with E-state index in [2.05, 4.69) is 10.3 Å². The van der Waals surface area contributed by atoms with Crippen LogP contribution >= 0.6 is 0 Å². The third kappa shape index (κ3) is 5.51. The van der Waals surface area contributed by atoms with Crippen LogP contribution in [0.1, 0.15) is 24.2 Å². The van der Waals surface area contributed by atoms with Gasteiger partial charge in [-0.3, -0.25) is 9.10 Å². The first-order valence-electron chi connectivity index (χ1n) is 11.1. The van der Waals surface area contributed by atoms with Crippen LogP contribution < -0.4 is 19.1 Å². The summed E-state index contributed by atoms with van der Waals surface area (Å²) in [6, 6.07) is 12.9. The number of imidazole rings is 1. The molecule has 0 aliphatic carbocycles. The third-order valence-corrected chi connectivity index (χ3v) is 6.73. The summed E-state index contributed by atoms with van der Waals surface area (Å²) in [4.78, 5) is 16.8. The Labute approximate surface area is 199 Å². The van der Waals surface area contributed by atoms with Crippen LogP contribution in [0, 0.1) is 6.92 Å². The van der Waals surface area contributed by atoms with Gasteiger partial charge in [-0.05, 0) is 37.1 Å². The molecule has 1 amide bonds. The molecular formula is C24H28N4O5S. The van der Waals surface area contributed by atoms with E-state index in [0.29, 0.717) is 43.4 Å². The van der Waals surface area contributed by atoms with Crippen molar-refractivity contribution in [2.45, 2.75) is 26.3 Å². The zero-order valence-corrected chi connectivity index (χ0v) is 20.0. The molecular weight excluding hydrogens is 456 g/mol. The molecule has 180 valence electrons. The number of benzene rings is 2. The molecule has 2 aromatic carbocycles. The number of carbonyl (C=O) groups excluding carboxylic acids is 1. The van der Waals surface area contributed by atoms with Crippen LogP contribution in [-0.4, -0.2) is 49.9 Å². The highest BCUT2D eigenvalue weighted by molar-refractivity contribution is 7.92. The van der Waals surface area contributed by atoms with Crippen molar-refractivity contribution in [1.29, 1.82) is 0 Å². The highest BCUT2D eigenvalue weighted by Crippen LogP contribution is 2.34. The summed E-state index contributed by atoms with van der Waals surface area (Å²) < 4.78 is 39.2. The fourth-order valence-corrected chi connectivity index (χ4v) is 4.82. The van der Waals surface area contributed by atoms with Gasteiger partial charge in [-0.2, -0.15) is 0 Å². The smallest absolute Gasteiger partial charge is 0.232 e. The molecule has 0 saturated heterocycles. The second kappa shape index (κ2) is 10.2. The number of hydrogen-bond donors (Lipinski definition) is 1. The molecule has 10 heteroatoms. The number of amides is 1. The highest BCUT2D eigenvalue weighted by atomic mass is 32.2. The van der Waals surface area contributed by atoms with Crippen LogP contribution in [0.15, 0.2) is 54.9 Å². The lowest BCUT2D eigenvalue weighted by atomic mass is 10.1. The Kier molecular flexibility index (Phi) is 7.06. The third-order valence-electron chi connectivity index (χ3n) is 5.53. The fraction of sp³-hybridized carbons (Fsp3) is 0.333. The maximum Gasteiger partial charge on any atom is 0.232 e. The van der Waals surface area contributed by atoms with Gasteiger partial charge in [-0.1, -0.05) is 18.2 Å². The van der Waals surface area contributed by atoms with E-state index in [-0.39, 0.29) is 18.9 Å². The monoisotopic (exact) mass is 484 g/mol. The minimum absolute atomic E-state index is 0.146. The summed E-state index contributed by atoms with van der Waals surface area (Å²) in [6.07, 6.45) is 5.34. The molecule has 0 bridgehead atoms. The molecule has 4 rings (SSSR count). The topological polar surface area (TPSA) is 103 Å². The number of rotatable bonds is 9.